The van der Waals surface area contributed by atoms with Crippen LogP contribution in [0.5, 0.6) is 0 Å². The fourth-order valence-electron chi connectivity index (χ4n) is 5.53. The number of unbranched alkanes of at least 4 members (excludes halogenated alkanes) is 1. The van der Waals surface area contributed by atoms with Crippen molar-refractivity contribution in [2.24, 2.45) is 23.5 Å². The number of benzene rings is 1. The number of carboxylic acid groups (broad SMARTS) is 1. The summed E-state index contributed by atoms with van der Waals surface area (Å²) in [5, 5.41) is 36.0. The molecule has 10 N–H and O–H groups in total. The number of carbonyl (C=O) groups excluding carboxylic acids is 5. The quantitative estimate of drug-likeness (QED) is 0.0604. The number of fused-ring (bicyclic) bond motifs is 1. The molecule has 0 aliphatic rings. The van der Waals surface area contributed by atoms with Crippen LogP contribution in [0.15, 0.2) is 30.3 Å². The minimum atomic E-state index is -1.25. The summed E-state index contributed by atoms with van der Waals surface area (Å²) in [5.41, 5.74) is 7.20. The maximum Gasteiger partial charge on any atom is 0.326 e. The molecule has 2 rings (SSSR count). The van der Waals surface area contributed by atoms with E-state index >= 15 is 0 Å². The van der Waals surface area contributed by atoms with Crippen molar-refractivity contribution in [3.05, 3.63) is 35.9 Å². The van der Waals surface area contributed by atoms with Crippen molar-refractivity contribution in [1.29, 1.82) is 0 Å². The molecule has 0 radical (unpaired) electrons. The number of rotatable bonds is 22. The van der Waals surface area contributed by atoms with Crippen molar-refractivity contribution in [1.82, 2.24) is 31.6 Å². The number of amides is 5. The van der Waals surface area contributed by atoms with Crippen LogP contribution in [-0.2, 0) is 28.8 Å². The summed E-state index contributed by atoms with van der Waals surface area (Å²) in [4.78, 5) is 82.5. The predicted octanol–water partition coefficient (Wildman–Crippen LogP) is 1.00. The van der Waals surface area contributed by atoms with E-state index in [0.29, 0.717) is 31.6 Å². The molecule has 2 aromatic rings. The molecule has 1 heterocycles. The van der Waals surface area contributed by atoms with Crippen molar-refractivity contribution in [2.75, 3.05) is 18.5 Å². The van der Waals surface area contributed by atoms with Crippen LogP contribution in [0.2, 0.25) is 0 Å². The molecule has 55 heavy (non-hydrogen) atoms. The zero-order chi connectivity index (χ0) is 41.4. The van der Waals surface area contributed by atoms with Gasteiger partial charge >= 0.3 is 5.97 Å². The van der Waals surface area contributed by atoms with Crippen LogP contribution in [0.3, 0.4) is 0 Å². The van der Waals surface area contributed by atoms with Crippen LogP contribution in [0.4, 0.5) is 5.82 Å². The summed E-state index contributed by atoms with van der Waals surface area (Å²) in [7, 11) is 0. The van der Waals surface area contributed by atoms with E-state index in [4.69, 9.17) is 12.2 Å². The Balaban J connectivity index is 2.22. The zero-order valence-electron chi connectivity index (χ0n) is 32.8. The Labute approximate surface area is 322 Å². The summed E-state index contributed by atoms with van der Waals surface area (Å²) >= 11 is 0. The molecule has 7 atom stereocenters. The lowest BCUT2D eigenvalue weighted by molar-refractivity contribution is -0.143. The molecule has 0 fully saturated rings. The van der Waals surface area contributed by atoms with E-state index in [1.54, 1.807) is 34.6 Å². The number of aliphatic carboxylic acids is 1. The highest BCUT2D eigenvalue weighted by molar-refractivity contribution is 5.96. The van der Waals surface area contributed by atoms with Crippen LogP contribution >= 0.6 is 0 Å². The molecule has 0 unspecified atom stereocenters. The number of aromatic nitrogens is 1. The number of hydrogen-bond donors (Lipinski definition) is 9. The normalized spacial score (nSPS) is 15.0. The molecular weight excluding hydrogens is 708 g/mol. The van der Waals surface area contributed by atoms with Gasteiger partial charge in [-0.15, -0.1) is 6.42 Å². The molecule has 0 saturated carbocycles. The number of nitrogens with one attached hydrogen (secondary N) is 6. The summed E-state index contributed by atoms with van der Waals surface area (Å²) < 4.78 is 0. The first-order valence-corrected chi connectivity index (χ1v) is 18.7. The molecule has 5 amide bonds. The van der Waals surface area contributed by atoms with Crippen LogP contribution in [0.25, 0.3) is 10.9 Å². The Morgan fingerprint density at radius 1 is 0.782 bits per heavy atom. The second-order valence-corrected chi connectivity index (χ2v) is 14.4. The van der Waals surface area contributed by atoms with Gasteiger partial charge in [0.05, 0.1) is 12.1 Å². The van der Waals surface area contributed by atoms with Gasteiger partial charge in [0.1, 0.15) is 42.1 Å². The van der Waals surface area contributed by atoms with E-state index in [0.717, 1.165) is 16.5 Å². The molecule has 0 aliphatic heterocycles. The average molecular weight is 767 g/mol. The number of carboxylic acids is 1. The smallest absolute Gasteiger partial charge is 0.326 e. The molecule has 0 bridgehead atoms. The molecule has 0 saturated heterocycles. The molecule has 16 nitrogen and oxygen atoms in total. The maximum absolute atomic E-state index is 13.9. The molecule has 1 aromatic carbocycles. The van der Waals surface area contributed by atoms with Gasteiger partial charge < -0.3 is 47.8 Å². The largest absolute Gasteiger partial charge is 0.480 e. The van der Waals surface area contributed by atoms with Gasteiger partial charge in [0.25, 0.3) is 0 Å². The lowest BCUT2D eigenvalue weighted by Gasteiger charge is -2.29. The van der Waals surface area contributed by atoms with Gasteiger partial charge in [0.2, 0.25) is 29.5 Å². The minimum Gasteiger partial charge on any atom is -0.480 e. The molecular formula is C39H58N8O8. The summed E-state index contributed by atoms with van der Waals surface area (Å²) in [6.07, 6.45) is 7.18. The first-order valence-electron chi connectivity index (χ1n) is 18.7. The van der Waals surface area contributed by atoms with Gasteiger partial charge in [0, 0.05) is 17.5 Å². The van der Waals surface area contributed by atoms with Gasteiger partial charge in [-0.1, -0.05) is 53.9 Å². The van der Waals surface area contributed by atoms with E-state index in [1.807, 2.05) is 37.3 Å². The number of pyridine rings is 1. The van der Waals surface area contributed by atoms with Crippen molar-refractivity contribution in [3.8, 4) is 12.3 Å². The number of terminal acetylenes is 1. The Hall–Kier alpha value is -5.27. The monoisotopic (exact) mass is 766 g/mol. The van der Waals surface area contributed by atoms with Crippen LogP contribution < -0.4 is 37.6 Å². The van der Waals surface area contributed by atoms with Crippen LogP contribution in [0.1, 0.15) is 79.7 Å². The average Bonchev–Trinajstić information content (AvgIpc) is 3.15. The molecule has 16 heteroatoms. The summed E-state index contributed by atoms with van der Waals surface area (Å²) in [5.74, 6) is -2.63. The third-order valence-electron chi connectivity index (χ3n) is 9.27. The highest BCUT2D eigenvalue weighted by Crippen LogP contribution is 2.17. The van der Waals surface area contributed by atoms with Gasteiger partial charge in [-0.2, -0.15) is 0 Å². The van der Waals surface area contributed by atoms with E-state index in [-0.39, 0.29) is 12.3 Å². The van der Waals surface area contributed by atoms with Crippen molar-refractivity contribution >= 4 is 52.2 Å². The van der Waals surface area contributed by atoms with Gasteiger partial charge in [-0.05, 0) is 74.3 Å². The van der Waals surface area contributed by atoms with Gasteiger partial charge in [-0.25, -0.2) is 9.78 Å². The lowest BCUT2D eigenvalue weighted by atomic mass is 9.96. The number of aliphatic hydroxyl groups is 1. The van der Waals surface area contributed by atoms with Gasteiger partial charge in [0.15, 0.2) is 0 Å². The van der Waals surface area contributed by atoms with E-state index in [2.05, 4.69) is 42.8 Å². The Morgan fingerprint density at radius 2 is 1.40 bits per heavy atom. The number of anilines is 1. The second kappa shape index (κ2) is 22.2. The lowest BCUT2D eigenvalue weighted by Crippen LogP contribution is -2.60. The second-order valence-electron chi connectivity index (χ2n) is 14.4. The Morgan fingerprint density at radius 3 is 1.98 bits per heavy atom. The van der Waals surface area contributed by atoms with Crippen molar-refractivity contribution < 1.29 is 39.0 Å². The van der Waals surface area contributed by atoms with E-state index in [1.165, 1.54) is 6.92 Å². The standard InChI is InChI=1S/C39H58N8O8/c1-9-23(7)33(47-35(50)27(40)20-48)38(53)44-29(13-11-12-18-41-30-17-15-26-19-25(10-2)14-16-28(26)43-30)36(51)45-31(21(3)4)37(52)42-24(8)34(49)46-32(22(5)6)39(54)55/h2,14-17,19,21-24,27,29,31-33,48H,9,11-13,18,20,40H2,1,3-8H3,(H,41,43)(H,42,52)(H,44,53)(H,45,51)(H,46,49)(H,47,50)(H,54,55)/t23-,24-,27-,29-,31-,32-,33-/m0/s1. The molecule has 1 aromatic heterocycles. The third kappa shape index (κ3) is 14.1. The first kappa shape index (κ1) is 45.9. The number of hydrogen-bond acceptors (Lipinski definition) is 10. The van der Waals surface area contributed by atoms with E-state index in [9.17, 15) is 39.0 Å². The number of nitrogens with two attached hydrogens (primary N) is 1. The molecule has 302 valence electrons. The Bertz CT molecular complexity index is 1690. The zero-order valence-corrected chi connectivity index (χ0v) is 32.8. The van der Waals surface area contributed by atoms with Gasteiger partial charge in [-0.3, -0.25) is 24.0 Å². The molecule has 0 aliphatic carbocycles. The SMILES string of the molecule is C#Cc1ccc2nc(NCCCC[C@H](NC(=O)[C@@H](NC(=O)[C@@H](N)CO)[C@@H](C)CC)C(=O)N[C@H](C(=O)N[C@@H](C)C(=O)N[C@H](C(=O)O)C(C)C)C(C)C)ccc2c1. The minimum absolute atomic E-state index is 0.160. The number of aliphatic hydroxyl groups excluding tert-OH is 1. The Kier molecular flexibility index (Phi) is 18.5. The molecule has 0 spiro atoms. The van der Waals surface area contributed by atoms with Crippen LogP contribution in [-0.4, -0.2) is 100 Å². The van der Waals surface area contributed by atoms with Crippen molar-refractivity contribution in [3.63, 3.8) is 0 Å². The first-order chi connectivity index (χ1) is 25.9. The topological polar surface area (TPSA) is 254 Å². The number of nitrogens with zero attached hydrogens (tertiary/aromatic N) is 1. The third-order valence-corrected chi connectivity index (χ3v) is 9.27. The predicted molar refractivity (Wildman–Crippen MR) is 209 cm³/mol. The highest BCUT2D eigenvalue weighted by Gasteiger charge is 2.34. The highest BCUT2D eigenvalue weighted by atomic mass is 16.4. The van der Waals surface area contributed by atoms with Crippen molar-refractivity contribution in [2.45, 2.75) is 110 Å². The summed E-state index contributed by atoms with van der Waals surface area (Å²) in [6.45, 7) is 11.5. The van der Waals surface area contributed by atoms with E-state index < -0.39 is 90.2 Å². The fraction of sp³-hybridized carbons (Fsp3) is 0.564. The number of carbonyl (C=O) groups is 6. The maximum atomic E-state index is 13.9. The van der Waals surface area contributed by atoms with Crippen LogP contribution in [0, 0.1) is 30.1 Å². The fourth-order valence-corrected chi connectivity index (χ4v) is 5.53. The summed E-state index contributed by atoms with van der Waals surface area (Å²) in [6, 6.07) is 2.39.